The number of nitrogens with one attached hydrogen (secondary N) is 1. The van der Waals surface area contributed by atoms with Gasteiger partial charge in [-0.15, -0.1) is 0 Å². The van der Waals surface area contributed by atoms with Crippen LogP contribution in [0, 0.1) is 20.2 Å². The Kier molecular flexibility index (Phi) is 9.24. The zero-order valence-electron chi connectivity index (χ0n) is 20.7. The van der Waals surface area contributed by atoms with Crippen molar-refractivity contribution in [2.45, 2.75) is 25.5 Å². The van der Waals surface area contributed by atoms with Gasteiger partial charge in [-0.05, 0) is 29.3 Å². The molecule has 0 amide bonds. The van der Waals surface area contributed by atoms with E-state index >= 15 is 0 Å². The van der Waals surface area contributed by atoms with Crippen LogP contribution in [0.3, 0.4) is 0 Å². The molecule has 1 heterocycles. The maximum atomic E-state index is 14.6. The second-order valence-corrected chi connectivity index (χ2v) is 10.5. The molecule has 4 aromatic rings. The molecule has 12 heteroatoms. The van der Waals surface area contributed by atoms with E-state index in [2.05, 4.69) is 10.3 Å². The molecule has 0 aliphatic carbocycles. The number of nitrogens with zero attached hydrogens (tertiary/aromatic N) is 3. The molecule has 0 fully saturated rings. The fraction of sp³-hybridized carbons (Fsp3) is 0.148. The molecule has 1 atom stereocenters. The lowest BCUT2D eigenvalue weighted by Crippen LogP contribution is -2.23. The first-order valence-electron chi connectivity index (χ1n) is 11.9. The van der Waals surface area contributed by atoms with Crippen molar-refractivity contribution in [2.75, 3.05) is 0 Å². The summed E-state index contributed by atoms with van der Waals surface area (Å²) in [6.45, 7) is -0.502. The molecule has 0 bridgehead atoms. The molecule has 4 rings (SSSR count). The molecular weight excluding hydrogens is 523 g/mol. The van der Waals surface area contributed by atoms with Crippen LogP contribution < -0.4 is 5.32 Å². The lowest BCUT2D eigenvalue weighted by Gasteiger charge is -2.28. The predicted molar refractivity (Wildman–Crippen MR) is 144 cm³/mol. The minimum absolute atomic E-state index is 0.196. The van der Waals surface area contributed by atoms with E-state index in [1.165, 1.54) is 42.6 Å². The molecule has 0 spiro atoms. The summed E-state index contributed by atoms with van der Waals surface area (Å²) in [6, 6.07) is 24.7. The average Bonchev–Trinajstić information content (AvgIpc) is 2.96. The van der Waals surface area contributed by atoms with Crippen molar-refractivity contribution in [3.63, 3.8) is 0 Å². The van der Waals surface area contributed by atoms with Gasteiger partial charge in [0.15, 0.2) is 0 Å². The Morgan fingerprint density at radius 2 is 1.31 bits per heavy atom. The third-order valence-electron chi connectivity index (χ3n) is 5.84. The Labute approximate surface area is 224 Å². The highest BCUT2D eigenvalue weighted by Gasteiger charge is 2.39. The second-order valence-electron chi connectivity index (χ2n) is 8.41. The van der Waals surface area contributed by atoms with Crippen LogP contribution in [0.4, 0.5) is 11.4 Å². The summed E-state index contributed by atoms with van der Waals surface area (Å²) in [5, 5.41) is 26.3. The van der Waals surface area contributed by atoms with Gasteiger partial charge >= 0.3 is 7.60 Å². The first-order chi connectivity index (χ1) is 18.9. The predicted octanol–water partition coefficient (Wildman–Crippen LogP) is 6.31. The maximum Gasteiger partial charge on any atom is 0.352 e. The van der Waals surface area contributed by atoms with Crippen LogP contribution in [-0.2, 0) is 33.4 Å². The van der Waals surface area contributed by atoms with Crippen LogP contribution in [0.25, 0.3) is 0 Å². The van der Waals surface area contributed by atoms with E-state index in [-0.39, 0.29) is 29.0 Å². The monoisotopic (exact) mass is 548 g/mol. The number of nitro benzene ring substituents is 2. The van der Waals surface area contributed by atoms with Gasteiger partial charge in [-0.3, -0.25) is 35.1 Å². The summed E-state index contributed by atoms with van der Waals surface area (Å²) in [6.07, 6.45) is 3.07. The molecule has 0 aliphatic rings. The topological polar surface area (TPSA) is 147 Å². The van der Waals surface area contributed by atoms with E-state index in [9.17, 15) is 24.8 Å². The Balaban J connectivity index is 1.70. The van der Waals surface area contributed by atoms with Crippen molar-refractivity contribution in [3.8, 4) is 0 Å². The van der Waals surface area contributed by atoms with Crippen molar-refractivity contribution in [1.29, 1.82) is 0 Å². The molecule has 200 valence electrons. The normalized spacial score (nSPS) is 12.1. The standard InChI is InChI=1S/C27H25N4O7P/c32-30(33)25-14-6-4-11-23(25)19-37-39(36,38-20-24-12-5-7-15-26(24)31(34)35)27(22-13-8-16-28-18-22)29-17-21-9-2-1-3-10-21/h1-16,18,27,29H,17,19-20H2/t27-/m0/s1. The molecule has 11 nitrogen and oxygen atoms in total. The second kappa shape index (κ2) is 13.0. The number of hydrogen-bond donors (Lipinski definition) is 1. The van der Waals surface area contributed by atoms with Crippen LogP contribution in [-0.4, -0.2) is 14.8 Å². The molecule has 0 aliphatic heterocycles. The van der Waals surface area contributed by atoms with Gasteiger partial charge in [-0.1, -0.05) is 60.7 Å². The minimum atomic E-state index is -4.22. The Morgan fingerprint density at radius 3 is 1.82 bits per heavy atom. The number of rotatable bonds is 13. The Morgan fingerprint density at radius 1 is 0.769 bits per heavy atom. The number of nitro groups is 2. The highest BCUT2D eigenvalue weighted by atomic mass is 31.2. The SMILES string of the molecule is O=[N+]([O-])c1ccccc1COP(=O)(OCc1ccccc1[N+](=O)[O-])[C@H](NCc1ccccc1)c1cccnc1. The van der Waals surface area contributed by atoms with Crippen LogP contribution in [0.5, 0.6) is 0 Å². The van der Waals surface area contributed by atoms with Gasteiger partial charge in [-0.25, -0.2) is 0 Å². The van der Waals surface area contributed by atoms with E-state index in [0.29, 0.717) is 5.56 Å². The van der Waals surface area contributed by atoms with Crippen molar-refractivity contribution >= 4 is 19.0 Å². The van der Waals surface area contributed by atoms with Crippen LogP contribution in [0.1, 0.15) is 28.0 Å². The Bertz CT molecular complexity index is 1410. The molecule has 39 heavy (non-hydrogen) atoms. The van der Waals surface area contributed by atoms with Gasteiger partial charge in [0.1, 0.15) is 5.78 Å². The minimum Gasteiger partial charge on any atom is -0.302 e. The zero-order chi connectivity index (χ0) is 27.7. The highest BCUT2D eigenvalue weighted by molar-refractivity contribution is 7.54. The molecule has 3 aromatic carbocycles. The van der Waals surface area contributed by atoms with Crippen LogP contribution >= 0.6 is 7.60 Å². The van der Waals surface area contributed by atoms with Gasteiger partial charge in [0.25, 0.3) is 11.4 Å². The van der Waals surface area contributed by atoms with E-state index in [0.717, 1.165) is 5.56 Å². The number of aromatic nitrogens is 1. The molecule has 1 N–H and O–H groups in total. The lowest BCUT2D eigenvalue weighted by atomic mass is 10.2. The summed E-state index contributed by atoms with van der Waals surface area (Å²) in [7, 11) is -4.22. The Hall–Kier alpha value is -4.28. The van der Waals surface area contributed by atoms with Gasteiger partial charge in [0.05, 0.1) is 34.2 Å². The molecular formula is C27H25N4O7P. The number of pyridine rings is 1. The van der Waals surface area contributed by atoms with Gasteiger partial charge < -0.3 is 9.05 Å². The van der Waals surface area contributed by atoms with Crippen LogP contribution in [0.2, 0.25) is 0 Å². The molecule has 1 aromatic heterocycles. The smallest absolute Gasteiger partial charge is 0.302 e. The molecule has 0 radical (unpaired) electrons. The van der Waals surface area contributed by atoms with E-state index in [4.69, 9.17) is 9.05 Å². The van der Waals surface area contributed by atoms with Gasteiger partial charge in [-0.2, -0.15) is 0 Å². The maximum absolute atomic E-state index is 14.6. The summed E-state index contributed by atoms with van der Waals surface area (Å²) in [5.74, 6) is -1.04. The number of hydrogen-bond acceptors (Lipinski definition) is 9. The number of benzene rings is 3. The molecule has 0 saturated carbocycles. The highest BCUT2D eigenvalue weighted by Crippen LogP contribution is 2.61. The average molecular weight is 548 g/mol. The lowest BCUT2D eigenvalue weighted by molar-refractivity contribution is -0.385. The largest absolute Gasteiger partial charge is 0.352 e. The summed E-state index contributed by atoms with van der Waals surface area (Å²) >= 11 is 0. The summed E-state index contributed by atoms with van der Waals surface area (Å²) in [4.78, 5) is 26.1. The van der Waals surface area contributed by atoms with Crippen molar-refractivity contribution in [1.82, 2.24) is 10.3 Å². The fourth-order valence-corrected chi connectivity index (χ4v) is 5.73. The van der Waals surface area contributed by atoms with Gasteiger partial charge in [0, 0.05) is 31.1 Å². The van der Waals surface area contributed by atoms with Crippen molar-refractivity contribution in [3.05, 3.63) is 146 Å². The summed E-state index contributed by atoms with van der Waals surface area (Å²) in [5.41, 5.74) is 1.39. The summed E-state index contributed by atoms with van der Waals surface area (Å²) < 4.78 is 26.4. The van der Waals surface area contributed by atoms with Crippen molar-refractivity contribution in [2.24, 2.45) is 0 Å². The number of para-hydroxylation sites is 2. The fourth-order valence-electron chi connectivity index (χ4n) is 3.89. The van der Waals surface area contributed by atoms with Crippen molar-refractivity contribution < 1.29 is 23.5 Å². The molecule has 0 saturated heterocycles. The first-order valence-corrected chi connectivity index (χ1v) is 13.5. The van der Waals surface area contributed by atoms with E-state index < -0.39 is 36.4 Å². The van der Waals surface area contributed by atoms with E-state index in [1.807, 2.05) is 30.3 Å². The zero-order valence-corrected chi connectivity index (χ0v) is 21.6. The quantitative estimate of drug-likeness (QED) is 0.115. The third kappa shape index (κ3) is 7.18. The first kappa shape index (κ1) is 27.7. The third-order valence-corrected chi connectivity index (χ3v) is 7.93. The molecule has 0 unspecified atom stereocenters. The van der Waals surface area contributed by atoms with Gasteiger partial charge in [0.2, 0.25) is 0 Å². The van der Waals surface area contributed by atoms with Crippen LogP contribution in [0.15, 0.2) is 103 Å². The van der Waals surface area contributed by atoms with E-state index in [1.54, 1.807) is 30.5 Å².